The summed E-state index contributed by atoms with van der Waals surface area (Å²) < 4.78 is 0. The average molecular weight is 257 g/mol. The summed E-state index contributed by atoms with van der Waals surface area (Å²) in [5, 5.41) is 3.76. The van der Waals surface area contributed by atoms with E-state index in [2.05, 4.69) is 36.5 Å². The minimum absolute atomic E-state index is 0.862. The van der Waals surface area contributed by atoms with Crippen LogP contribution in [0.4, 0.5) is 0 Å². The van der Waals surface area contributed by atoms with E-state index in [9.17, 15) is 0 Å². The molecule has 1 aromatic carbocycles. The largest absolute Gasteiger partial charge is 0.314 e. The van der Waals surface area contributed by atoms with Crippen molar-refractivity contribution in [2.75, 3.05) is 6.54 Å². The van der Waals surface area contributed by atoms with E-state index in [-0.39, 0.29) is 0 Å². The Kier molecular flexibility index (Phi) is 4.22. The predicted molar refractivity (Wildman–Crippen MR) is 81.4 cm³/mol. The van der Waals surface area contributed by atoms with Crippen LogP contribution >= 0.6 is 0 Å². The lowest BCUT2D eigenvalue weighted by Crippen LogP contribution is -2.32. The van der Waals surface area contributed by atoms with Crippen LogP contribution in [-0.4, -0.2) is 12.6 Å². The Hall–Kier alpha value is -0.820. The molecule has 0 aliphatic heterocycles. The lowest BCUT2D eigenvalue weighted by atomic mass is 9.75. The summed E-state index contributed by atoms with van der Waals surface area (Å²) in [5.74, 6) is 1.81. The fourth-order valence-corrected chi connectivity index (χ4v) is 3.55. The lowest BCUT2D eigenvalue weighted by Gasteiger charge is -2.32. The van der Waals surface area contributed by atoms with Gasteiger partial charge in [-0.3, -0.25) is 0 Å². The molecule has 2 aliphatic rings. The molecular weight excluding hydrogens is 230 g/mol. The third kappa shape index (κ3) is 3.60. The molecule has 0 aromatic heterocycles. The summed E-state index contributed by atoms with van der Waals surface area (Å²) in [4.78, 5) is 0. The second-order valence-corrected chi connectivity index (χ2v) is 6.62. The summed E-state index contributed by atoms with van der Waals surface area (Å²) in [5.41, 5.74) is 3.05. The molecule has 0 amide bonds. The first-order valence-electron chi connectivity index (χ1n) is 8.11. The van der Waals surface area contributed by atoms with Crippen molar-refractivity contribution in [2.24, 2.45) is 11.8 Å². The van der Waals surface area contributed by atoms with Gasteiger partial charge in [0.1, 0.15) is 0 Å². The first kappa shape index (κ1) is 13.2. The second-order valence-electron chi connectivity index (χ2n) is 6.62. The van der Waals surface area contributed by atoms with Gasteiger partial charge in [0.25, 0.3) is 0 Å². The number of nitrogens with one attached hydrogen (secondary N) is 1. The zero-order valence-electron chi connectivity index (χ0n) is 12.2. The van der Waals surface area contributed by atoms with E-state index < -0.39 is 0 Å². The van der Waals surface area contributed by atoms with Crippen molar-refractivity contribution in [3.05, 3.63) is 35.4 Å². The third-order valence-corrected chi connectivity index (χ3v) is 5.06. The van der Waals surface area contributed by atoms with Gasteiger partial charge >= 0.3 is 0 Å². The van der Waals surface area contributed by atoms with Gasteiger partial charge in [0.15, 0.2) is 0 Å². The third-order valence-electron chi connectivity index (χ3n) is 5.06. The van der Waals surface area contributed by atoms with E-state index in [1.807, 2.05) is 0 Å². The van der Waals surface area contributed by atoms with Crippen LogP contribution in [0.1, 0.15) is 49.7 Å². The van der Waals surface area contributed by atoms with Crippen molar-refractivity contribution in [1.82, 2.24) is 5.32 Å². The van der Waals surface area contributed by atoms with E-state index in [0.29, 0.717) is 0 Å². The quantitative estimate of drug-likeness (QED) is 0.837. The molecule has 0 radical (unpaired) electrons. The number of hydrogen-bond acceptors (Lipinski definition) is 1. The van der Waals surface area contributed by atoms with Gasteiger partial charge in [-0.15, -0.1) is 0 Å². The van der Waals surface area contributed by atoms with Gasteiger partial charge in [0.2, 0.25) is 0 Å². The first-order chi connectivity index (χ1) is 9.33. The molecule has 0 bridgehead atoms. The number of rotatable bonds is 5. The second kappa shape index (κ2) is 6.09. The van der Waals surface area contributed by atoms with Gasteiger partial charge < -0.3 is 5.32 Å². The molecule has 19 heavy (non-hydrogen) atoms. The van der Waals surface area contributed by atoms with Gasteiger partial charge in [0.05, 0.1) is 0 Å². The van der Waals surface area contributed by atoms with Crippen LogP contribution in [0.15, 0.2) is 24.3 Å². The minimum atomic E-state index is 0.862. The smallest absolute Gasteiger partial charge is 0.00683 e. The zero-order chi connectivity index (χ0) is 13.1. The Labute approximate surface area is 117 Å². The van der Waals surface area contributed by atoms with Crippen molar-refractivity contribution in [3.63, 3.8) is 0 Å². The Morgan fingerprint density at radius 1 is 1.00 bits per heavy atom. The van der Waals surface area contributed by atoms with Crippen LogP contribution in [0.2, 0.25) is 0 Å². The highest BCUT2D eigenvalue weighted by molar-refractivity contribution is 5.26. The van der Waals surface area contributed by atoms with Crippen molar-refractivity contribution < 1.29 is 0 Å². The van der Waals surface area contributed by atoms with Crippen LogP contribution < -0.4 is 5.32 Å². The summed E-state index contributed by atoms with van der Waals surface area (Å²) in [6, 6.07) is 9.81. The Bertz CT molecular complexity index is 408. The van der Waals surface area contributed by atoms with Crippen molar-refractivity contribution >= 4 is 0 Å². The minimum Gasteiger partial charge on any atom is -0.314 e. The first-order valence-corrected chi connectivity index (χ1v) is 8.11. The molecule has 2 unspecified atom stereocenters. The molecule has 0 saturated heterocycles. The maximum atomic E-state index is 3.76. The van der Waals surface area contributed by atoms with Gasteiger partial charge in [-0.05, 0) is 68.5 Å². The molecular formula is C18H27N. The fraction of sp³-hybridized carbons (Fsp3) is 0.667. The fourth-order valence-electron chi connectivity index (χ4n) is 3.55. The van der Waals surface area contributed by atoms with Crippen molar-refractivity contribution in [2.45, 2.75) is 57.9 Å². The summed E-state index contributed by atoms with van der Waals surface area (Å²) >= 11 is 0. The van der Waals surface area contributed by atoms with Crippen LogP contribution in [0.5, 0.6) is 0 Å². The molecule has 1 aromatic rings. The van der Waals surface area contributed by atoms with Gasteiger partial charge in [-0.1, -0.05) is 37.1 Å². The highest BCUT2D eigenvalue weighted by atomic mass is 14.9. The van der Waals surface area contributed by atoms with Crippen molar-refractivity contribution in [3.8, 4) is 0 Å². The number of benzene rings is 1. The summed E-state index contributed by atoms with van der Waals surface area (Å²) in [6.45, 7) is 3.52. The summed E-state index contributed by atoms with van der Waals surface area (Å²) in [7, 11) is 0. The van der Waals surface area contributed by atoms with E-state index in [1.54, 1.807) is 5.56 Å². The Balaban J connectivity index is 1.60. The van der Waals surface area contributed by atoms with Gasteiger partial charge in [0, 0.05) is 6.04 Å². The molecule has 1 N–H and O–H groups in total. The van der Waals surface area contributed by atoms with Crippen LogP contribution in [0.3, 0.4) is 0 Å². The summed E-state index contributed by atoms with van der Waals surface area (Å²) in [6.07, 6.45) is 9.88. The molecule has 1 heteroatoms. The van der Waals surface area contributed by atoms with Crippen LogP contribution in [-0.2, 0) is 6.42 Å². The average Bonchev–Trinajstić information content (AvgIpc) is 3.24. The topological polar surface area (TPSA) is 12.0 Å². The van der Waals surface area contributed by atoms with Crippen molar-refractivity contribution in [1.29, 1.82) is 0 Å². The predicted octanol–water partition coefficient (Wildman–Crippen LogP) is 4.10. The Morgan fingerprint density at radius 2 is 1.74 bits per heavy atom. The zero-order valence-corrected chi connectivity index (χ0v) is 12.2. The van der Waals surface area contributed by atoms with E-state index in [0.717, 1.165) is 17.9 Å². The highest BCUT2D eigenvalue weighted by Gasteiger charge is 2.28. The monoisotopic (exact) mass is 257 g/mol. The molecule has 104 valence electrons. The normalized spacial score (nSPS) is 27.4. The number of hydrogen-bond donors (Lipinski definition) is 1. The molecule has 0 heterocycles. The molecule has 2 aliphatic carbocycles. The van der Waals surface area contributed by atoms with Gasteiger partial charge in [-0.2, -0.15) is 0 Å². The number of aryl methyl sites for hydroxylation is 1. The van der Waals surface area contributed by atoms with Crippen LogP contribution in [0.25, 0.3) is 0 Å². The molecule has 2 atom stereocenters. The van der Waals surface area contributed by atoms with E-state index in [1.165, 1.54) is 57.1 Å². The van der Waals surface area contributed by atoms with Crippen LogP contribution in [0, 0.1) is 18.8 Å². The SMILES string of the molecule is Cc1ccccc1CC1CCCCC1CNC1CC1. The highest BCUT2D eigenvalue weighted by Crippen LogP contribution is 2.33. The Morgan fingerprint density at radius 3 is 2.47 bits per heavy atom. The van der Waals surface area contributed by atoms with E-state index >= 15 is 0 Å². The van der Waals surface area contributed by atoms with E-state index in [4.69, 9.17) is 0 Å². The maximum Gasteiger partial charge on any atom is 0.00683 e. The molecule has 3 rings (SSSR count). The molecule has 1 nitrogen and oxygen atoms in total. The molecule has 0 spiro atoms. The maximum absolute atomic E-state index is 3.76. The van der Waals surface area contributed by atoms with Gasteiger partial charge in [-0.25, -0.2) is 0 Å². The molecule has 2 saturated carbocycles. The standard InChI is InChI=1S/C18H27N/c1-14-6-2-3-7-15(14)12-16-8-4-5-9-17(16)13-19-18-10-11-18/h2-3,6-7,16-19H,4-5,8-13H2,1H3. The lowest BCUT2D eigenvalue weighted by molar-refractivity contribution is 0.228. The molecule has 2 fully saturated rings.